The third-order valence-electron chi connectivity index (χ3n) is 3.10. The summed E-state index contributed by atoms with van der Waals surface area (Å²) in [5.41, 5.74) is 7.80. The summed E-state index contributed by atoms with van der Waals surface area (Å²) in [5.74, 6) is -0.798. The number of aromatic nitrogens is 1. The minimum absolute atomic E-state index is 0.0668. The number of carbonyl (C=O) groups excluding carboxylic acids is 1. The Morgan fingerprint density at radius 2 is 1.92 bits per heavy atom. The number of nitro groups is 1. The molecule has 0 unspecified atom stereocenters. The normalized spacial score (nSPS) is 11.3. The fraction of sp³-hybridized carbons (Fsp3) is 0.0714. The Kier molecular flexibility index (Phi) is 5.78. The van der Waals surface area contributed by atoms with E-state index in [1.54, 1.807) is 6.07 Å². The van der Waals surface area contributed by atoms with Crippen LogP contribution in [0.25, 0.3) is 0 Å². The molecule has 1 aromatic carbocycles. The van der Waals surface area contributed by atoms with E-state index < -0.39 is 10.8 Å². The molecule has 0 bridgehead atoms. The number of hydrazone groups is 1. The van der Waals surface area contributed by atoms with Crippen LogP contribution in [0.5, 0.6) is 0 Å². The topological polar surface area (TPSA) is 124 Å². The Hall–Kier alpha value is -2.42. The highest BCUT2D eigenvalue weighted by Gasteiger charge is 2.20. The van der Waals surface area contributed by atoms with Gasteiger partial charge in [0.15, 0.2) is 10.8 Å². The summed E-state index contributed by atoms with van der Waals surface area (Å²) in [6, 6.07) is 5.97. The molecule has 0 saturated heterocycles. The van der Waals surface area contributed by atoms with Crippen molar-refractivity contribution < 1.29 is 9.72 Å². The molecular formula is C14H10Cl3N5O3. The first-order chi connectivity index (χ1) is 11.7. The number of para-hydroxylation sites is 1. The van der Waals surface area contributed by atoms with Gasteiger partial charge >= 0.3 is 0 Å². The zero-order chi connectivity index (χ0) is 18.7. The van der Waals surface area contributed by atoms with Gasteiger partial charge in [-0.3, -0.25) is 14.9 Å². The molecular weight excluding hydrogens is 393 g/mol. The third-order valence-corrected chi connectivity index (χ3v) is 4.24. The van der Waals surface area contributed by atoms with Gasteiger partial charge < -0.3 is 5.73 Å². The zero-order valence-electron chi connectivity index (χ0n) is 12.6. The molecule has 0 aliphatic heterocycles. The second-order valence-electron chi connectivity index (χ2n) is 4.71. The van der Waals surface area contributed by atoms with E-state index in [0.29, 0.717) is 0 Å². The number of halogens is 3. The Morgan fingerprint density at radius 1 is 1.28 bits per heavy atom. The van der Waals surface area contributed by atoms with Crippen LogP contribution in [0.3, 0.4) is 0 Å². The number of nitrogens with one attached hydrogen (secondary N) is 1. The monoisotopic (exact) mass is 401 g/mol. The number of amides is 1. The molecule has 0 fully saturated rings. The number of nitrogens with two attached hydrogens (primary N) is 1. The number of nitrogens with zero attached hydrogens (tertiary/aromatic N) is 3. The number of anilines is 1. The molecule has 0 spiro atoms. The van der Waals surface area contributed by atoms with Crippen LogP contribution in [0.2, 0.25) is 15.2 Å². The average Bonchev–Trinajstić information content (AvgIpc) is 2.60. The maximum atomic E-state index is 12.2. The van der Waals surface area contributed by atoms with Crippen LogP contribution >= 0.6 is 34.8 Å². The average molecular weight is 403 g/mol. The highest BCUT2D eigenvalue weighted by Crippen LogP contribution is 2.34. The fourth-order valence-electron chi connectivity index (χ4n) is 1.87. The summed E-state index contributed by atoms with van der Waals surface area (Å²) in [6.45, 7) is 1.50. The summed E-state index contributed by atoms with van der Waals surface area (Å²) in [7, 11) is 0. The van der Waals surface area contributed by atoms with Gasteiger partial charge in [0.1, 0.15) is 5.02 Å². The largest absolute Gasteiger partial charge is 0.396 e. The lowest BCUT2D eigenvalue weighted by molar-refractivity contribution is -0.385. The van der Waals surface area contributed by atoms with Gasteiger partial charge in [0.05, 0.1) is 26.9 Å². The number of rotatable bonds is 4. The summed E-state index contributed by atoms with van der Waals surface area (Å²) in [5, 5.41) is 14.4. The minimum Gasteiger partial charge on any atom is -0.396 e. The number of hydrogen-bond donors (Lipinski definition) is 2. The number of benzene rings is 1. The van der Waals surface area contributed by atoms with Crippen molar-refractivity contribution in [2.24, 2.45) is 5.10 Å². The molecule has 0 aliphatic carbocycles. The summed E-state index contributed by atoms with van der Waals surface area (Å²) in [4.78, 5) is 26.4. The highest BCUT2D eigenvalue weighted by molar-refractivity contribution is 6.46. The Labute approximate surface area is 156 Å². The number of hydrogen-bond acceptors (Lipinski definition) is 6. The molecule has 8 nitrogen and oxygen atoms in total. The van der Waals surface area contributed by atoms with Crippen LogP contribution in [0, 0.1) is 10.1 Å². The summed E-state index contributed by atoms with van der Waals surface area (Å²) < 4.78 is 0. The van der Waals surface area contributed by atoms with Crippen LogP contribution < -0.4 is 11.2 Å². The summed E-state index contributed by atoms with van der Waals surface area (Å²) in [6.07, 6.45) is 0. The van der Waals surface area contributed by atoms with Crippen LogP contribution in [-0.2, 0) is 0 Å². The van der Waals surface area contributed by atoms with E-state index in [1.807, 2.05) is 0 Å². The molecule has 2 aromatic rings. The SMILES string of the molecule is C/C(=N\NC(=O)c1nc(Cl)c(Cl)c(N)c1Cl)c1ccccc1[N+](=O)[O-]. The van der Waals surface area contributed by atoms with Gasteiger partial charge in [-0.2, -0.15) is 5.10 Å². The number of carbonyl (C=O) groups is 1. The second kappa shape index (κ2) is 7.64. The van der Waals surface area contributed by atoms with E-state index in [-0.39, 0.29) is 43.5 Å². The molecule has 0 aliphatic rings. The number of nitrogen functional groups attached to an aromatic ring is 1. The first-order valence-electron chi connectivity index (χ1n) is 6.62. The van der Waals surface area contributed by atoms with E-state index in [4.69, 9.17) is 40.5 Å². The molecule has 3 N–H and O–H groups in total. The van der Waals surface area contributed by atoms with Crippen molar-refractivity contribution in [2.45, 2.75) is 6.92 Å². The van der Waals surface area contributed by atoms with Gasteiger partial charge in [0.2, 0.25) is 0 Å². The molecule has 11 heteroatoms. The van der Waals surface area contributed by atoms with Gasteiger partial charge in [-0.25, -0.2) is 10.4 Å². The predicted molar refractivity (Wildman–Crippen MR) is 96.5 cm³/mol. The van der Waals surface area contributed by atoms with E-state index in [1.165, 1.54) is 25.1 Å². The maximum Gasteiger partial charge on any atom is 0.291 e. The van der Waals surface area contributed by atoms with E-state index >= 15 is 0 Å². The molecule has 1 aromatic heterocycles. The predicted octanol–water partition coefficient (Wildman–Crippen LogP) is 3.69. The van der Waals surface area contributed by atoms with Crippen molar-refractivity contribution in [3.63, 3.8) is 0 Å². The number of nitro benzene ring substituents is 1. The smallest absolute Gasteiger partial charge is 0.291 e. The van der Waals surface area contributed by atoms with E-state index in [0.717, 1.165) is 0 Å². The van der Waals surface area contributed by atoms with Gasteiger partial charge in [0, 0.05) is 6.07 Å². The van der Waals surface area contributed by atoms with Crippen molar-refractivity contribution in [3.05, 3.63) is 60.8 Å². The van der Waals surface area contributed by atoms with Crippen molar-refractivity contribution in [1.29, 1.82) is 0 Å². The molecule has 1 amide bonds. The quantitative estimate of drug-likeness (QED) is 0.349. The highest BCUT2D eigenvalue weighted by atomic mass is 35.5. The summed E-state index contributed by atoms with van der Waals surface area (Å²) >= 11 is 17.5. The first-order valence-corrected chi connectivity index (χ1v) is 7.75. The van der Waals surface area contributed by atoms with Crippen LogP contribution in [0.4, 0.5) is 11.4 Å². The van der Waals surface area contributed by atoms with Gasteiger partial charge in [-0.15, -0.1) is 0 Å². The lowest BCUT2D eigenvalue weighted by Crippen LogP contribution is -2.22. The van der Waals surface area contributed by atoms with E-state index in [9.17, 15) is 14.9 Å². The zero-order valence-corrected chi connectivity index (χ0v) is 14.9. The maximum absolute atomic E-state index is 12.2. The lowest BCUT2D eigenvalue weighted by Gasteiger charge is -2.08. The standard InChI is InChI=1S/C14H10Cl3N5O3/c1-6(7-4-2-3-5-8(7)22(24)25)20-21-14(23)12-9(15)11(18)10(16)13(17)19-12/h2-5H,1H3,(H2,18,19)(H,21,23)/b20-6+. The van der Waals surface area contributed by atoms with Crippen molar-refractivity contribution in [2.75, 3.05) is 5.73 Å². The molecule has 0 saturated carbocycles. The van der Waals surface area contributed by atoms with Gasteiger partial charge in [0.25, 0.3) is 11.6 Å². The Morgan fingerprint density at radius 3 is 2.56 bits per heavy atom. The molecule has 25 heavy (non-hydrogen) atoms. The minimum atomic E-state index is -0.798. The Bertz CT molecular complexity index is 902. The van der Waals surface area contributed by atoms with Gasteiger partial charge in [-0.1, -0.05) is 46.9 Å². The Balaban J connectivity index is 2.31. The molecule has 0 radical (unpaired) electrons. The van der Waals surface area contributed by atoms with Crippen molar-refractivity contribution >= 4 is 57.8 Å². The van der Waals surface area contributed by atoms with E-state index in [2.05, 4.69) is 15.5 Å². The van der Waals surface area contributed by atoms with Crippen molar-refractivity contribution in [3.8, 4) is 0 Å². The van der Waals surface area contributed by atoms with Crippen LogP contribution in [0.1, 0.15) is 23.0 Å². The third kappa shape index (κ3) is 3.98. The molecule has 0 atom stereocenters. The lowest BCUT2D eigenvalue weighted by atomic mass is 10.1. The van der Waals surface area contributed by atoms with Gasteiger partial charge in [-0.05, 0) is 13.0 Å². The molecule has 2 rings (SSSR count). The molecule has 130 valence electrons. The van der Waals surface area contributed by atoms with Crippen LogP contribution in [0.15, 0.2) is 29.4 Å². The second-order valence-corrected chi connectivity index (χ2v) is 5.82. The van der Waals surface area contributed by atoms with Crippen molar-refractivity contribution in [1.82, 2.24) is 10.4 Å². The number of pyridine rings is 1. The van der Waals surface area contributed by atoms with Crippen LogP contribution in [-0.4, -0.2) is 21.5 Å². The first kappa shape index (κ1) is 18.9. The fourth-order valence-corrected chi connectivity index (χ4v) is 2.46. The molecule has 1 heterocycles.